The van der Waals surface area contributed by atoms with Gasteiger partial charge in [0.2, 0.25) is 0 Å². The number of fused-ring (bicyclic) bond motifs is 1. The van der Waals surface area contributed by atoms with Crippen LogP contribution in [0.3, 0.4) is 0 Å². The highest BCUT2D eigenvalue weighted by atomic mass is 35.5. The van der Waals surface area contributed by atoms with E-state index in [1.165, 1.54) is 5.69 Å². The molecule has 1 aromatic carbocycles. The molecule has 0 spiro atoms. The second kappa shape index (κ2) is 7.94. The zero-order chi connectivity index (χ0) is 19.7. The number of rotatable bonds is 4. The Morgan fingerprint density at radius 2 is 1.86 bits per heavy atom. The molecule has 6 heteroatoms. The van der Waals surface area contributed by atoms with Crippen molar-refractivity contribution >= 4 is 11.6 Å². The van der Waals surface area contributed by atoms with Crippen LogP contribution in [0.25, 0.3) is 22.6 Å². The van der Waals surface area contributed by atoms with Crippen molar-refractivity contribution in [1.29, 1.82) is 0 Å². The fourth-order valence-electron chi connectivity index (χ4n) is 3.74. The minimum absolute atomic E-state index is 0.567. The van der Waals surface area contributed by atoms with E-state index in [-0.39, 0.29) is 0 Å². The van der Waals surface area contributed by atoms with Crippen molar-refractivity contribution in [1.82, 2.24) is 14.5 Å². The first-order valence-electron chi connectivity index (χ1n) is 9.62. The standard InChI is InChI=1S/C22H24ClN3O2/c1-4-28-20-13-16(5-6-18(20)23)22-25-21(17-11-14(2)24-15(3)12-17)19-7-9-27-10-8-26(19)22/h5-6,11-13H,4,7-10H2,1-3H3. The molecule has 0 aliphatic carbocycles. The lowest BCUT2D eigenvalue weighted by Gasteiger charge is -2.11. The number of halogens is 1. The third-order valence-electron chi connectivity index (χ3n) is 4.86. The summed E-state index contributed by atoms with van der Waals surface area (Å²) < 4.78 is 13.7. The topological polar surface area (TPSA) is 49.2 Å². The van der Waals surface area contributed by atoms with E-state index in [4.69, 9.17) is 26.1 Å². The largest absolute Gasteiger partial charge is 0.492 e. The van der Waals surface area contributed by atoms with Gasteiger partial charge in [-0.1, -0.05) is 11.6 Å². The summed E-state index contributed by atoms with van der Waals surface area (Å²) in [5.41, 5.74) is 6.28. The predicted octanol–water partition coefficient (Wildman–Crippen LogP) is 4.85. The minimum Gasteiger partial charge on any atom is -0.492 e. The van der Waals surface area contributed by atoms with Crippen molar-refractivity contribution in [2.75, 3.05) is 19.8 Å². The maximum atomic E-state index is 6.29. The fraction of sp³-hybridized carbons (Fsp3) is 0.364. The van der Waals surface area contributed by atoms with Gasteiger partial charge in [-0.05, 0) is 51.1 Å². The van der Waals surface area contributed by atoms with E-state index in [1.807, 2.05) is 39.0 Å². The number of hydrogen-bond donors (Lipinski definition) is 0. The van der Waals surface area contributed by atoms with E-state index in [0.717, 1.165) is 47.0 Å². The van der Waals surface area contributed by atoms with Gasteiger partial charge in [0.25, 0.3) is 0 Å². The van der Waals surface area contributed by atoms with E-state index in [1.54, 1.807) is 0 Å². The molecule has 0 saturated heterocycles. The van der Waals surface area contributed by atoms with E-state index in [2.05, 4.69) is 21.7 Å². The van der Waals surface area contributed by atoms with Crippen LogP contribution in [0, 0.1) is 13.8 Å². The first-order chi connectivity index (χ1) is 13.6. The van der Waals surface area contributed by atoms with Crippen LogP contribution >= 0.6 is 11.6 Å². The maximum Gasteiger partial charge on any atom is 0.141 e. The molecule has 0 atom stereocenters. The molecule has 0 unspecified atom stereocenters. The van der Waals surface area contributed by atoms with Crippen molar-refractivity contribution in [3.8, 4) is 28.4 Å². The number of ether oxygens (including phenoxy) is 2. The first-order valence-corrected chi connectivity index (χ1v) is 10.00. The molecule has 2 aromatic heterocycles. The summed E-state index contributed by atoms with van der Waals surface area (Å²) in [6, 6.07) is 10.0. The number of nitrogens with zero attached hydrogens (tertiary/aromatic N) is 3. The number of benzene rings is 1. The molecular weight excluding hydrogens is 374 g/mol. The summed E-state index contributed by atoms with van der Waals surface area (Å²) in [6.45, 7) is 8.70. The third kappa shape index (κ3) is 3.64. The minimum atomic E-state index is 0.567. The fourth-order valence-corrected chi connectivity index (χ4v) is 3.91. The molecule has 0 N–H and O–H groups in total. The van der Waals surface area contributed by atoms with E-state index < -0.39 is 0 Å². The lowest BCUT2D eigenvalue weighted by Crippen LogP contribution is -2.06. The monoisotopic (exact) mass is 397 g/mol. The number of hydrogen-bond acceptors (Lipinski definition) is 4. The van der Waals surface area contributed by atoms with Crippen LogP contribution in [-0.4, -0.2) is 34.4 Å². The molecule has 0 bridgehead atoms. The molecule has 5 nitrogen and oxygen atoms in total. The summed E-state index contributed by atoms with van der Waals surface area (Å²) in [5, 5.41) is 0.609. The Labute approximate surface area is 170 Å². The molecule has 3 heterocycles. The number of imidazole rings is 1. The van der Waals surface area contributed by atoms with Crippen LogP contribution in [0.15, 0.2) is 30.3 Å². The normalized spacial score (nSPS) is 13.9. The lowest BCUT2D eigenvalue weighted by molar-refractivity contribution is 0.140. The second-order valence-electron chi connectivity index (χ2n) is 6.96. The smallest absolute Gasteiger partial charge is 0.141 e. The van der Waals surface area contributed by atoms with Gasteiger partial charge < -0.3 is 14.0 Å². The van der Waals surface area contributed by atoms with Gasteiger partial charge in [-0.25, -0.2) is 4.98 Å². The Kier molecular flexibility index (Phi) is 5.38. The number of pyridine rings is 1. The van der Waals surface area contributed by atoms with Gasteiger partial charge >= 0.3 is 0 Å². The predicted molar refractivity (Wildman–Crippen MR) is 111 cm³/mol. The van der Waals surface area contributed by atoms with Crippen molar-refractivity contribution in [2.24, 2.45) is 0 Å². The Balaban J connectivity index is 1.89. The van der Waals surface area contributed by atoms with Crippen molar-refractivity contribution < 1.29 is 9.47 Å². The summed E-state index contributed by atoms with van der Waals surface area (Å²) in [5.74, 6) is 1.60. The molecule has 1 aliphatic rings. The van der Waals surface area contributed by atoms with E-state index >= 15 is 0 Å². The van der Waals surface area contributed by atoms with Crippen LogP contribution in [0.2, 0.25) is 5.02 Å². The SMILES string of the molecule is CCOc1cc(-c2nc(-c3cc(C)nc(C)c3)c3n2CCOCC3)ccc1Cl. The molecule has 0 fully saturated rings. The van der Waals surface area contributed by atoms with Gasteiger partial charge in [0.15, 0.2) is 0 Å². The Morgan fingerprint density at radius 1 is 1.07 bits per heavy atom. The summed E-state index contributed by atoms with van der Waals surface area (Å²) in [6.07, 6.45) is 0.828. The van der Waals surface area contributed by atoms with Crippen molar-refractivity contribution in [3.63, 3.8) is 0 Å². The highest BCUT2D eigenvalue weighted by molar-refractivity contribution is 6.32. The van der Waals surface area contributed by atoms with Crippen LogP contribution < -0.4 is 4.74 Å². The molecule has 0 radical (unpaired) electrons. The van der Waals surface area contributed by atoms with Crippen molar-refractivity contribution in [2.45, 2.75) is 33.7 Å². The summed E-state index contributed by atoms with van der Waals surface area (Å²) >= 11 is 6.29. The average Bonchev–Trinajstić information content (AvgIpc) is 2.84. The molecule has 146 valence electrons. The summed E-state index contributed by atoms with van der Waals surface area (Å²) in [7, 11) is 0. The molecule has 3 aromatic rings. The average molecular weight is 398 g/mol. The number of aromatic nitrogens is 3. The van der Waals surface area contributed by atoms with Crippen LogP contribution in [0.1, 0.15) is 24.0 Å². The molecule has 1 aliphatic heterocycles. The lowest BCUT2D eigenvalue weighted by atomic mass is 10.1. The van der Waals surface area contributed by atoms with Crippen molar-refractivity contribution in [3.05, 3.63) is 52.4 Å². The first kappa shape index (κ1) is 19.0. The maximum absolute atomic E-state index is 6.29. The molecule has 0 saturated carbocycles. The van der Waals surface area contributed by atoms with Gasteiger partial charge in [0.05, 0.1) is 30.5 Å². The quantitative estimate of drug-likeness (QED) is 0.631. The zero-order valence-electron chi connectivity index (χ0n) is 16.5. The van der Waals surface area contributed by atoms with Gasteiger partial charge in [0.1, 0.15) is 11.6 Å². The Bertz CT molecular complexity index is 993. The Hall–Kier alpha value is -2.37. The second-order valence-corrected chi connectivity index (χ2v) is 7.37. The molecular formula is C22H24ClN3O2. The third-order valence-corrected chi connectivity index (χ3v) is 5.17. The molecule has 4 rings (SSSR count). The van der Waals surface area contributed by atoms with Gasteiger partial charge in [-0.2, -0.15) is 0 Å². The highest BCUT2D eigenvalue weighted by Crippen LogP contribution is 2.35. The van der Waals surface area contributed by atoms with E-state index in [9.17, 15) is 0 Å². The highest BCUT2D eigenvalue weighted by Gasteiger charge is 2.22. The number of aryl methyl sites for hydroxylation is 2. The summed E-state index contributed by atoms with van der Waals surface area (Å²) in [4.78, 5) is 9.57. The molecule has 0 amide bonds. The van der Waals surface area contributed by atoms with Gasteiger partial charge in [-0.3, -0.25) is 4.98 Å². The van der Waals surface area contributed by atoms with Gasteiger partial charge in [0, 0.05) is 41.2 Å². The van der Waals surface area contributed by atoms with Crippen LogP contribution in [0.5, 0.6) is 5.75 Å². The molecule has 28 heavy (non-hydrogen) atoms. The van der Waals surface area contributed by atoms with E-state index in [0.29, 0.717) is 30.6 Å². The van der Waals surface area contributed by atoms with Gasteiger partial charge in [-0.15, -0.1) is 0 Å². The van der Waals surface area contributed by atoms with Crippen LogP contribution in [0.4, 0.5) is 0 Å². The zero-order valence-corrected chi connectivity index (χ0v) is 17.2. The Morgan fingerprint density at radius 3 is 2.61 bits per heavy atom. The van der Waals surface area contributed by atoms with Crippen LogP contribution in [-0.2, 0) is 17.7 Å².